The first-order valence-electron chi connectivity index (χ1n) is 7.13. The summed E-state index contributed by atoms with van der Waals surface area (Å²) in [5.41, 5.74) is 2.73. The number of hydrogen-bond donors (Lipinski definition) is 1. The number of hydrogen-bond acceptors (Lipinski definition) is 4. The molecule has 2 aromatic rings. The third-order valence-electron chi connectivity index (χ3n) is 3.48. The van der Waals surface area contributed by atoms with E-state index in [1.54, 1.807) is 0 Å². The molecular formula is C15H21N3O2S. The van der Waals surface area contributed by atoms with Gasteiger partial charge in [0.2, 0.25) is 0 Å². The predicted octanol–water partition coefficient (Wildman–Crippen LogP) is 3.52. The standard InChI is InChI=1S/C15H21N3O2S/c1-5-12(9(2)3)18-14-11(6-10(4)7-16-14)17-15(18)21-8-13(19)20/h6-7,9,12H,5,8H2,1-4H3,(H,19,20). The second-order valence-electron chi connectivity index (χ2n) is 5.52. The molecule has 0 bridgehead atoms. The van der Waals surface area contributed by atoms with Gasteiger partial charge >= 0.3 is 5.97 Å². The summed E-state index contributed by atoms with van der Waals surface area (Å²) in [7, 11) is 0. The van der Waals surface area contributed by atoms with Crippen molar-refractivity contribution >= 4 is 28.9 Å². The minimum absolute atomic E-state index is 0.0107. The Bertz CT molecular complexity index is 652. The van der Waals surface area contributed by atoms with Crippen LogP contribution in [0.2, 0.25) is 0 Å². The van der Waals surface area contributed by atoms with Gasteiger partial charge in [-0.25, -0.2) is 9.97 Å². The quantitative estimate of drug-likeness (QED) is 0.827. The van der Waals surface area contributed by atoms with Crippen LogP contribution in [0, 0.1) is 12.8 Å². The molecule has 0 amide bonds. The van der Waals surface area contributed by atoms with Crippen LogP contribution in [0.5, 0.6) is 0 Å². The molecule has 5 nitrogen and oxygen atoms in total. The summed E-state index contributed by atoms with van der Waals surface area (Å²) in [6, 6.07) is 2.26. The van der Waals surface area contributed by atoms with Gasteiger partial charge in [-0.05, 0) is 30.9 Å². The summed E-state index contributed by atoms with van der Waals surface area (Å²) in [5, 5.41) is 9.66. The number of carbonyl (C=O) groups is 1. The highest BCUT2D eigenvalue weighted by Gasteiger charge is 2.22. The fraction of sp³-hybridized carbons (Fsp3) is 0.533. The first-order valence-corrected chi connectivity index (χ1v) is 8.11. The molecule has 114 valence electrons. The van der Waals surface area contributed by atoms with Crippen molar-refractivity contribution in [1.29, 1.82) is 0 Å². The monoisotopic (exact) mass is 307 g/mol. The number of imidazole rings is 1. The lowest BCUT2D eigenvalue weighted by Crippen LogP contribution is -2.16. The Hall–Kier alpha value is -1.56. The zero-order valence-electron chi connectivity index (χ0n) is 12.8. The van der Waals surface area contributed by atoms with E-state index in [-0.39, 0.29) is 11.8 Å². The molecule has 0 aliphatic heterocycles. The van der Waals surface area contributed by atoms with Crippen LogP contribution < -0.4 is 0 Å². The van der Waals surface area contributed by atoms with Gasteiger partial charge in [0.25, 0.3) is 0 Å². The van der Waals surface area contributed by atoms with Crippen LogP contribution in [0.1, 0.15) is 38.8 Å². The summed E-state index contributed by atoms with van der Waals surface area (Å²) in [6.45, 7) is 8.45. The summed E-state index contributed by atoms with van der Waals surface area (Å²) >= 11 is 1.26. The first kappa shape index (κ1) is 15.8. The average Bonchev–Trinajstić information content (AvgIpc) is 2.74. The van der Waals surface area contributed by atoms with E-state index in [1.807, 2.05) is 19.2 Å². The molecule has 6 heteroatoms. The molecule has 0 saturated carbocycles. The first-order chi connectivity index (χ1) is 9.93. The molecule has 2 aromatic heterocycles. The van der Waals surface area contributed by atoms with Gasteiger partial charge in [0, 0.05) is 12.2 Å². The third-order valence-corrected chi connectivity index (χ3v) is 4.42. The Morgan fingerprint density at radius 1 is 1.48 bits per heavy atom. The number of carboxylic acid groups (broad SMARTS) is 1. The highest BCUT2D eigenvalue weighted by Crippen LogP contribution is 2.32. The molecule has 1 unspecified atom stereocenters. The van der Waals surface area contributed by atoms with Crippen molar-refractivity contribution in [3.8, 4) is 0 Å². The number of pyridine rings is 1. The van der Waals surface area contributed by atoms with E-state index in [0.29, 0.717) is 5.92 Å². The zero-order chi connectivity index (χ0) is 15.6. The number of aliphatic carboxylic acids is 1. The molecule has 1 atom stereocenters. The normalized spacial score (nSPS) is 13.0. The van der Waals surface area contributed by atoms with Gasteiger partial charge in [0.15, 0.2) is 10.8 Å². The highest BCUT2D eigenvalue weighted by molar-refractivity contribution is 7.99. The molecule has 0 radical (unpaired) electrons. The second-order valence-corrected chi connectivity index (χ2v) is 6.46. The molecule has 0 spiro atoms. The van der Waals surface area contributed by atoms with E-state index in [9.17, 15) is 4.79 Å². The van der Waals surface area contributed by atoms with Crippen LogP contribution in [0.4, 0.5) is 0 Å². The van der Waals surface area contributed by atoms with Crippen molar-refractivity contribution in [3.63, 3.8) is 0 Å². The number of thioether (sulfide) groups is 1. The topological polar surface area (TPSA) is 68.0 Å². The predicted molar refractivity (Wildman–Crippen MR) is 84.8 cm³/mol. The molecule has 0 aromatic carbocycles. The maximum absolute atomic E-state index is 10.9. The largest absolute Gasteiger partial charge is 0.481 e. The fourth-order valence-corrected chi connectivity index (χ4v) is 3.32. The van der Waals surface area contributed by atoms with E-state index >= 15 is 0 Å². The summed E-state index contributed by atoms with van der Waals surface area (Å²) in [6.07, 6.45) is 2.79. The Morgan fingerprint density at radius 3 is 2.76 bits per heavy atom. The Balaban J connectivity index is 2.56. The minimum atomic E-state index is -0.833. The molecule has 0 fully saturated rings. The van der Waals surface area contributed by atoms with Gasteiger partial charge < -0.3 is 9.67 Å². The van der Waals surface area contributed by atoms with Crippen LogP contribution in [0.3, 0.4) is 0 Å². The molecule has 0 aliphatic carbocycles. The van der Waals surface area contributed by atoms with Crippen LogP contribution in [-0.2, 0) is 4.79 Å². The van der Waals surface area contributed by atoms with Crippen LogP contribution in [0.15, 0.2) is 17.4 Å². The number of aromatic nitrogens is 3. The van der Waals surface area contributed by atoms with Gasteiger partial charge in [-0.1, -0.05) is 32.5 Å². The van der Waals surface area contributed by atoms with E-state index in [4.69, 9.17) is 5.11 Å². The third kappa shape index (κ3) is 3.37. The summed E-state index contributed by atoms with van der Waals surface area (Å²) in [4.78, 5) is 20.0. The van der Waals surface area contributed by atoms with Crippen molar-refractivity contribution in [2.75, 3.05) is 5.75 Å². The Kier molecular flexibility index (Phi) is 4.88. The molecule has 0 saturated heterocycles. The number of aryl methyl sites for hydroxylation is 1. The Labute approximate surface area is 128 Å². The summed E-state index contributed by atoms with van der Waals surface area (Å²) < 4.78 is 2.10. The number of rotatable bonds is 6. The van der Waals surface area contributed by atoms with Crippen molar-refractivity contribution in [2.24, 2.45) is 5.92 Å². The van der Waals surface area contributed by atoms with Crippen molar-refractivity contribution < 1.29 is 9.90 Å². The average molecular weight is 307 g/mol. The van der Waals surface area contributed by atoms with Crippen molar-refractivity contribution in [3.05, 3.63) is 17.8 Å². The van der Waals surface area contributed by atoms with E-state index < -0.39 is 5.97 Å². The number of carboxylic acids is 1. The minimum Gasteiger partial charge on any atom is -0.481 e. The van der Waals surface area contributed by atoms with Crippen molar-refractivity contribution in [1.82, 2.24) is 14.5 Å². The maximum atomic E-state index is 10.9. The maximum Gasteiger partial charge on any atom is 0.313 e. The molecule has 1 N–H and O–H groups in total. The molecule has 2 rings (SSSR count). The van der Waals surface area contributed by atoms with Gasteiger partial charge in [-0.2, -0.15) is 0 Å². The Morgan fingerprint density at radius 2 is 2.19 bits per heavy atom. The van der Waals surface area contributed by atoms with E-state index in [2.05, 4.69) is 35.3 Å². The lowest BCUT2D eigenvalue weighted by molar-refractivity contribution is -0.133. The summed E-state index contributed by atoms with van der Waals surface area (Å²) in [5.74, 6) is -0.392. The van der Waals surface area contributed by atoms with Crippen LogP contribution in [0.25, 0.3) is 11.2 Å². The smallest absolute Gasteiger partial charge is 0.313 e. The second kappa shape index (κ2) is 6.47. The van der Waals surface area contributed by atoms with E-state index in [0.717, 1.165) is 28.3 Å². The molecule has 2 heterocycles. The molecule has 0 aliphatic rings. The van der Waals surface area contributed by atoms with Gasteiger partial charge in [0.05, 0.1) is 5.75 Å². The molecule has 21 heavy (non-hydrogen) atoms. The highest BCUT2D eigenvalue weighted by atomic mass is 32.2. The lowest BCUT2D eigenvalue weighted by Gasteiger charge is -2.23. The fourth-order valence-electron chi connectivity index (χ4n) is 2.54. The van der Waals surface area contributed by atoms with Crippen LogP contribution >= 0.6 is 11.8 Å². The van der Waals surface area contributed by atoms with Crippen molar-refractivity contribution in [2.45, 2.75) is 45.3 Å². The zero-order valence-corrected chi connectivity index (χ0v) is 13.6. The van der Waals surface area contributed by atoms with Gasteiger partial charge in [0.1, 0.15) is 5.52 Å². The number of fused-ring (bicyclic) bond motifs is 1. The van der Waals surface area contributed by atoms with Gasteiger partial charge in [-0.3, -0.25) is 4.79 Å². The molecular weight excluding hydrogens is 286 g/mol. The SMILES string of the molecule is CCC(C(C)C)n1c(SCC(=O)O)nc2cc(C)cnc21. The van der Waals surface area contributed by atoms with Gasteiger partial charge in [-0.15, -0.1) is 0 Å². The van der Waals surface area contributed by atoms with E-state index in [1.165, 1.54) is 11.8 Å². The number of nitrogens with zero attached hydrogens (tertiary/aromatic N) is 3. The van der Waals surface area contributed by atoms with Crippen LogP contribution in [-0.4, -0.2) is 31.4 Å². The lowest BCUT2D eigenvalue weighted by atomic mass is 10.0.